The molecule has 0 atom stereocenters. The first-order chi connectivity index (χ1) is 5.58. The van der Waals surface area contributed by atoms with Crippen molar-refractivity contribution in [2.75, 3.05) is 6.54 Å². The molecule has 0 spiro atoms. The molecule has 6 heteroatoms. The second-order valence-corrected chi connectivity index (χ2v) is 3.62. The molecule has 0 aromatic rings. The Bertz CT molecular complexity index is 269. The standard InChI is InChI=1S/C6H11NO4S/c8-12(9,10)11-6-4-2-1-3-5-7-6/h1-5H2,(H,8,9,10). The van der Waals surface area contributed by atoms with Gasteiger partial charge < -0.3 is 4.18 Å². The minimum absolute atomic E-state index is 0.120. The molecular formula is C6H11NO4S. The average molecular weight is 193 g/mol. The molecule has 1 aliphatic heterocycles. The van der Waals surface area contributed by atoms with Gasteiger partial charge in [-0.05, 0) is 12.8 Å². The molecule has 0 unspecified atom stereocenters. The van der Waals surface area contributed by atoms with Crippen LogP contribution in [0.15, 0.2) is 4.99 Å². The Kier molecular flexibility index (Phi) is 3.05. The van der Waals surface area contributed by atoms with E-state index in [0.717, 1.165) is 19.3 Å². The molecule has 12 heavy (non-hydrogen) atoms. The molecule has 0 bridgehead atoms. The monoisotopic (exact) mass is 193 g/mol. The van der Waals surface area contributed by atoms with E-state index < -0.39 is 10.4 Å². The molecule has 1 rings (SSSR count). The van der Waals surface area contributed by atoms with Crippen LogP contribution in [0.25, 0.3) is 0 Å². The fourth-order valence-electron chi connectivity index (χ4n) is 1.04. The average Bonchev–Trinajstić information content (AvgIpc) is 2.12. The van der Waals surface area contributed by atoms with E-state index >= 15 is 0 Å². The topological polar surface area (TPSA) is 76.0 Å². The molecule has 1 N–H and O–H groups in total. The summed E-state index contributed by atoms with van der Waals surface area (Å²) < 4.78 is 33.1. The highest BCUT2D eigenvalue weighted by Crippen LogP contribution is 2.09. The second-order valence-electron chi connectivity index (χ2n) is 2.60. The zero-order chi connectivity index (χ0) is 9.03. The van der Waals surface area contributed by atoms with E-state index in [1.54, 1.807) is 0 Å². The van der Waals surface area contributed by atoms with Gasteiger partial charge in [-0.15, -0.1) is 0 Å². The van der Waals surface area contributed by atoms with Gasteiger partial charge in [0.05, 0.1) is 0 Å². The van der Waals surface area contributed by atoms with Crippen LogP contribution in [0.4, 0.5) is 0 Å². The maximum absolute atomic E-state index is 10.3. The molecule has 0 aliphatic carbocycles. The van der Waals surface area contributed by atoms with Gasteiger partial charge in [-0.3, -0.25) is 9.55 Å². The third-order valence-corrected chi connectivity index (χ3v) is 1.94. The van der Waals surface area contributed by atoms with E-state index in [-0.39, 0.29) is 5.90 Å². The Balaban J connectivity index is 2.55. The lowest BCUT2D eigenvalue weighted by Crippen LogP contribution is -2.11. The molecular weight excluding hydrogens is 182 g/mol. The summed E-state index contributed by atoms with van der Waals surface area (Å²) in [6, 6.07) is 0. The maximum Gasteiger partial charge on any atom is 0.447 e. The molecule has 70 valence electrons. The van der Waals surface area contributed by atoms with Crippen molar-refractivity contribution in [2.45, 2.75) is 25.7 Å². The summed E-state index contributed by atoms with van der Waals surface area (Å²) in [4.78, 5) is 3.86. The van der Waals surface area contributed by atoms with Crippen LogP contribution in [-0.4, -0.2) is 25.4 Å². The summed E-state index contributed by atoms with van der Waals surface area (Å²) in [6.45, 7) is 0.574. The van der Waals surface area contributed by atoms with E-state index in [2.05, 4.69) is 9.18 Å². The van der Waals surface area contributed by atoms with Gasteiger partial charge in [0.15, 0.2) is 0 Å². The number of hydrogen-bond acceptors (Lipinski definition) is 4. The molecule has 1 aliphatic rings. The first kappa shape index (κ1) is 9.47. The zero-order valence-corrected chi connectivity index (χ0v) is 7.38. The van der Waals surface area contributed by atoms with Crippen molar-refractivity contribution in [3.63, 3.8) is 0 Å². The van der Waals surface area contributed by atoms with Crippen molar-refractivity contribution in [3.8, 4) is 0 Å². The Hall–Kier alpha value is -0.620. The van der Waals surface area contributed by atoms with Crippen LogP contribution in [-0.2, 0) is 14.6 Å². The van der Waals surface area contributed by atoms with Crippen molar-refractivity contribution in [1.82, 2.24) is 0 Å². The van der Waals surface area contributed by atoms with Gasteiger partial charge in [0.1, 0.15) is 0 Å². The molecule has 0 aromatic carbocycles. The van der Waals surface area contributed by atoms with Crippen LogP contribution in [0.3, 0.4) is 0 Å². The lowest BCUT2D eigenvalue weighted by molar-refractivity contribution is 0.377. The number of rotatable bonds is 1. The maximum atomic E-state index is 10.3. The molecule has 5 nitrogen and oxygen atoms in total. The van der Waals surface area contributed by atoms with Crippen molar-refractivity contribution < 1.29 is 17.2 Å². The summed E-state index contributed by atoms with van der Waals surface area (Å²) in [7, 11) is -4.37. The van der Waals surface area contributed by atoms with Crippen LogP contribution in [0.2, 0.25) is 0 Å². The van der Waals surface area contributed by atoms with E-state index in [4.69, 9.17) is 4.55 Å². The van der Waals surface area contributed by atoms with Crippen molar-refractivity contribution in [1.29, 1.82) is 0 Å². The minimum Gasteiger partial charge on any atom is -0.346 e. The normalized spacial score (nSPS) is 19.6. The smallest absolute Gasteiger partial charge is 0.346 e. The van der Waals surface area contributed by atoms with Crippen LogP contribution in [0.5, 0.6) is 0 Å². The van der Waals surface area contributed by atoms with Gasteiger partial charge in [0, 0.05) is 13.0 Å². The SMILES string of the molecule is O=S(=O)(O)OC1=NCCCCC1. The molecule has 0 amide bonds. The van der Waals surface area contributed by atoms with Crippen molar-refractivity contribution in [3.05, 3.63) is 0 Å². The third kappa shape index (κ3) is 3.68. The highest BCUT2D eigenvalue weighted by molar-refractivity contribution is 7.81. The van der Waals surface area contributed by atoms with Crippen molar-refractivity contribution >= 4 is 16.3 Å². The van der Waals surface area contributed by atoms with E-state index in [0.29, 0.717) is 13.0 Å². The lowest BCUT2D eigenvalue weighted by Gasteiger charge is -2.01. The van der Waals surface area contributed by atoms with Crippen LogP contribution in [0.1, 0.15) is 25.7 Å². The van der Waals surface area contributed by atoms with Gasteiger partial charge in [-0.1, -0.05) is 6.42 Å². The summed E-state index contributed by atoms with van der Waals surface area (Å²) >= 11 is 0. The lowest BCUT2D eigenvalue weighted by atomic mass is 10.2. The zero-order valence-electron chi connectivity index (χ0n) is 6.56. The Labute approximate surface area is 71.4 Å². The fraction of sp³-hybridized carbons (Fsp3) is 0.833. The molecule has 0 saturated carbocycles. The molecule has 0 fully saturated rings. The predicted octanol–water partition coefficient (Wildman–Crippen LogP) is 0.778. The highest BCUT2D eigenvalue weighted by atomic mass is 32.3. The van der Waals surface area contributed by atoms with E-state index in [9.17, 15) is 8.42 Å². The summed E-state index contributed by atoms with van der Waals surface area (Å²) in [6.07, 6.45) is 3.30. The van der Waals surface area contributed by atoms with Crippen LogP contribution < -0.4 is 0 Å². The second kappa shape index (κ2) is 3.86. The fourth-order valence-corrected chi connectivity index (χ4v) is 1.42. The Morgan fingerprint density at radius 3 is 2.75 bits per heavy atom. The van der Waals surface area contributed by atoms with Gasteiger partial charge in [-0.2, -0.15) is 8.42 Å². The number of aliphatic imine (C=N–C) groups is 1. The Morgan fingerprint density at radius 2 is 2.08 bits per heavy atom. The quantitative estimate of drug-likeness (QED) is 0.624. The van der Waals surface area contributed by atoms with E-state index in [1.165, 1.54) is 0 Å². The minimum atomic E-state index is -4.37. The van der Waals surface area contributed by atoms with Gasteiger partial charge in [0.25, 0.3) is 0 Å². The third-order valence-electron chi connectivity index (χ3n) is 1.54. The molecule has 1 heterocycles. The van der Waals surface area contributed by atoms with Gasteiger partial charge >= 0.3 is 10.4 Å². The molecule has 0 saturated heterocycles. The first-order valence-corrected chi connectivity index (χ1v) is 5.15. The number of hydrogen-bond donors (Lipinski definition) is 1. The van der Waals surface area contributed by atoms with Crippen LogP contribution >= 0.6 is 0 Å². The first-order valence-electron chi connectivity index (χ1n) is 3.78. The Morgan fingerprint density at radius 1 is 1.33 bits per heavy atom. The van der Waals surface area contributed by atoms with Crippen LogP contribution in [0, 0.1) is 0 Å². The van der Waals surface area contributed by atoms with Crippen molar-refractivity contribution in [2.24, 2.45) is 4.99 Å². The molecule has 0 aromatic heterocycles. The number of nitrogens with zero attached hydrogens (tertiary/aromatic N) is 1. The predicted molar refractivity (Wildman–Crippen MR) is 43.4 cm³/mol. The summed E-state index contributed by atoms with van der Waals surface area (Å²) in [5, 5.41) is 0. The largest absolute Gasteiger partial charge is 0.447 e. The van der Waals surface area contributed by atoms with Gasteiger partial charge in [-0.25, -0.2) is 0 Å². The summed E-state index contributed by atoms with van der Waals surface area (Å²) in [5.74, 6) is 0.120. The summed E-state index contributed by atoms with van der Waals surface area (Å²) in [5.41, 5.74) is 0. The highest BCUT2D eigenvalue weighted by Gasteiger charge is 2.12. The van der Waals surface area contributed by atoms with E-state index in [1.807, 2.05) is 0 Å². The van der Waals surface area contributed by atoms with Gasteiger partial charge in [0.2, 0.25) is 5.90 Å². The molecule has 0 radical (unpaired) electrons.